The topological polar surface area (TPSA) is 143 Å². The van der Waals surface area contributed by atoms with Gasteiger partial charge in [0.25, 0.3) is 0 Å². The Labute approximate surface area is 174 Å². The smallest absolute Gasteiger partial charge is 0.204 e. The highest BCUT2D eigenvalue weighted by Crippen LogP contribution is 2.41. The highest BCUT2D eigenvalue weighted by atomic mass is 32.3. The Morgan fingerprint density at radius 1 is 0.438 bits per heavy atom. The zero-order chi connectivity index (χ0) is 26.7. The van der Waals surface area contributed by atoms with Crippen molar-refractivity contribution >= 4 is 54.7 Å². The van der Waals surface area contributed by atoms with E-state index in [0.29, 0.717) is 0 Å². The Kier molecular flexibility index (Phi) is 8.12. The summed E-state index contributed by atoms with van der Waals surface area (Å²) in [5.41, 5.74) is -28.8. The molecule has 0 spiro atoms. The number of hydrogen-bond acceptors (Lipinski definition) is 8. The fourth-order valence-electron chi connectivity index (χ4n) is 1.55. The summed E-state index contributed by atoms with van der Waals surface area (Å²) in [5.74, 6) is -0.904. The third-order valence-electron chi connectivity index (χ3n) is 2.73. The van der Waals surface area contributed by atoms with Crippen LogP contribution in [0, 0.1) is 0 Å². The highest BCUT2D eigenvalue weighted by molar-refractivity contribution is 8.09. The highest BCUT2D eigenvalue weighted by Gasteiger charge is 2.72. The van der Waals surface area contributed by atoms with Gasteiger partial charge >= 0.3 is 76.7 Å². The third kappa shape index (κ3) is 5.22. The van der Waals surface area contributed by atoms with Gasteiger partial charge in [0.1, 0.15) is 0 Å². The van der Waals surface area contributed by atoms with E-state index in [9.17, 15) is 86.4 Å². The molecule has 0 N–H and O–H groups in total. The molecule has 0 rings (SSSR count). The third-order valence-corrected chi connectivity index (χ3v) is 17.5. The van der Waals surface area contributed by atoms with E-state index in [1.165, 1.54) is 0 Å². The summed E-state index contributed by atoms with van der Waals surface area (Å²) in [5, 5.41) is 0. The van der Waals surface area contributed by atoms with Crippen LogP contribution in [0.2, 0.25) is 5.79 Å². The first-order chi connectivity index (χ1) is 13.4. The van der Waals surface area contributed by atoms with Gasteiger partial charge in [-0.05, 0) is 0 Å². The van der Waals surface area contributed by atoms with E-state index < -0.39 is 87.9 Å². The molecule has 0 amide bonds. The minimum Gasteiger partial charge on any atom is -0.204 e. The second-order valence-corrected chi connectivity index (χ2v) is 16.4. The van der Waals surface area contributed by atoms with Gasteiger partial charge in [0.2, 0.25) is 0 Å². The summed E-state index contributed by atoms with van der Waals surface area (Å²) in [6, 6.07) is 0. The Balaban J connectivity index is 7.79. The van der Waals surface area contributed by atoms with Crippen LogP contribution in [0.1, 0.15) is 0 Å². The lowest BCUT2D eigenvalue weighted by Gasteiger charge is -2.32. The van der Waals surface area contributed by atoms with Crippen molar-refractivity contribution in [2.24, 2.45) is 0 Å². The Bertz CT molecular complexity index is 966. The summed E-state index contributed by atoms with van der Waals surface area (Å²) in [7, 11) is -32.6. The molecule has 0 aromatic rings. The van der Waals surface area contributed by atoms with Gasteiger partial charge in [-0.1, -0.05) is 5.79 Å². The van der Waals surface area contributed by atoms with Crippen LogP contribution in [0.5, 0.6) is 0 Å². The molecule has 32 heavy (non-hydrogen) atoms. The zero-order valence-electron chi connectivity index (χ0n) is 13.9. The maximum Gasteiger partial charge on any atom is 0.561 e. The lowest BCUT2D eigenvalue weighted by molar-refractivity contribution is -0.0514. The monoisotopic (exact) mass is 602 g/mol. The first-order valence-corrected chi connectivity index (χ1v) is 14.2. The minimum atomic E-state index is -8.15. The molecule has 0 aliphatic heterocycles. The predicted octanol–water partition coefficient (Wildman–Crippen LogP) is 1.11. The van der Waals surface area contributed by atoms with Gasteiger partial charge in [-0.3, -0.25) is 0 Å². The number of halogens is 12. The number of alkyl halides is 12. The van der Waals surface area contributed by atoms with Crippen LogP contribution in [0.25, 0.3) is 0 Å². The van der Waals surface area contributed by atoms with E-state index in [-0.39, 0.29) is 0 Å². The van der Waals surface area contributed by atoms with Gasteiger partial charge in [0.15, 0.2) is 0 Å². The van der Waals surface area contributed by atoms with Gasteiger partial charge in [0.05, 0.1) is 0 Å². The Morgan fingerprint density at radius 2 is 0.562 bits per heavy atom. The van der Waals surface area contributed by atoms with Crippen molar-refractivity contribution in [3.8, 4) is 0 Å². The first kappa shape index (κ1) is 31.4. The molecule has 0 saturated carbocycles. The van der Waals surface area contributed by atoms with Crippen LogP contribution in [0.4, 0.5) is 52.7 Å². The molecular weight excluding hydrogens is 599 g/mol. The summed E-state index contributed by atoms with van der Waals surface area (Å²) in [4.78, 5) is 0. The molecule has 0 aliphatic carbocycles. The summed E-state index contributed by atoms with van der Waals surface area (Å²) < 4.78 is 237. The largest absolute Gasteiger partial charge is 0.561 e. The van der Waals surface area contributed by atoms with E-state index >= 15 is 0 Å². The molecule has 0 aromatic heterocycles. The summed E-state index contributed by atoms with van der Waals surface area (Å²) >= 11 is -6.90. The second-order valence-electron chi connectivity index (χ2n) is 4.89. The van der Waals surface area contributed by atoms with Crippen molar-refractivity contribution < 1.29 is 86.4 Å². The summed E-state index contributed by atoms with van der Waals surface area (Å²) in [6.45, 7) is 0. The van der Waals surface area contributed by atoms with E-state index in [1.807, 2.05) is 0 Å². The van der Waals surface area contributed by atoms with Crippen LogP contribution in [-0.2, 0) is 40.1 Å². The summed E-state index contributed by atoms with van der Waals surface area (Å²) in [6.07, 6.45) is 0. The van der Waals surface area contributed by atoms with Gasteiger partial charge in [-0.2, -0.15) is 52.7 Å². The molecular formula is C5H3AlF12N2O8S4. The van der Waals surface area contributed by atoms with E-state index in [0.717, 1.165) is 0 Å². The molecule has 0 fully saturated rings. The normalized spacial score (nSPS) is 16.0. The van der Waals surface area contributed by atoms with Crippen molar-refractivity contribution in [3.05, 3.63) is 0 Å². The predicted molar refractivity (Wildman–Crippen MR) is 75.2 cm³/mol. The molecule has 0 atom stereocenters. The zero-order valence-corrected chi connectivity index (χ0v) is 18.3. The number of nitrogens with zero attached hydrogens (tertiary/aromatic N) is 2. The van der Waals surface area contributed by atoms with Crippen molar-refractivity contribution in [2.45, 2.75) is 27.8 Å². The molecule has 192 valence electrons. The van der Waals surface area contributed by atoms with Crippen LogP contribution >= 0.6 is 0 Å². The Hall–Kier alpha value is -0.588. The van der Waals surface area contributed by atoms with Crippen LogP contribution in [0.15, 0.2) is 0 Å². The molecule has 0 heterocycles. The molecule has 27 heteroatoms. The van der Waals surface area contributed by atoms with Crippen LogP contribution in [0.3, 0.4) is 0 Å². The van der Waals surface area contributed by atoms with Gasteiger partial charge in [-0.15, -0.1) is 5.39 Å². The average Bonchev–Trinajstić information content (AvgIpc) is 2.40. The van der Waals surface area contributed by atoms with Crippen LogP contribution in [-0.4, -0.2) is 75.7 Å². The van der Waals surface area contributed by atoms with E-state index in [4.69, 9.17) is 0 Å². The molecule has 0 bridgehead atoms. The van der Waals surface area contributed by atoms with Crippen molar-refractivity contribution in [2.75, 3.05) is 0 Å². The standard InChI is InChI=1S/2C2F6NO4S2.CH3.Al/c2*3-1(4,5)14(10,11)9-15(12,13)2(6,7)8;;/h;;1H3;/q2*-1;;+2. The average molecular weight is 602 g/mol. The fraction of sp³-hybridized carbons (Fsp3) is 1.00. The van der Waals surface area contributed by atoms with Crippen molar-refractivity contribution in [3.63, 3.8) is 0 Å². The number of sulfonamides is 4. The van der Waals surface area contributed by atoms with E-state index in [1.54, 1.807) is 0 Å². The molecule has 0 unspecified atom stereocenters. The first-order valence-electron chi connectivity index (χ1n) is 6.24. The lowest BCUT2D eigenvalue weighted by Crippen LogP contribution is -2.65. The maximum absolute atomic E-state index is 12.7. The second kappa shape index (κ2) is 8.27. The Morgan fingerprint density at radius 3 is 0.656 bits per heavy atom. The molecule has 0 saturated heterocycles. The molecule has 0 aromatic carbocycles. The number of hydrogen-bond donors (Lipinski definition) is 0. The SMILES string of the molecule is [CH3][Al]([N](S(=O)(=O)C(F)(F)F)S(=O)(=O)C(F)(F)F)[N](S(=O)(=O)C(F)(F)F)S(=O)(=O)C(F)(F)F. The maximum atomic E-state index is 12.7. The minimum absolute atomic E-state index is 0.904. The van der Waals surface area contributed by atoms with Gasteiger partial charge in [-0.25, -0.2) is 33.7 Å². The van der Waals surface area contributed by atoms with Crippen molar-refractivity contribution in [1.29, 1.82) is 0 Å². The number of rotatable bonds is 6. The van der Waals surface area contributed by atoms with Crippen LogP contribution < -0.4 is 0 Å². The molecule has 10 nitrogen and oxygen atoms in total. The van der Waals surface area contributed by atoms with Gasteiger partial charge in [0, 0.05) is 0 Å². The quantitative estimate of drug-likeness (QED) is 0.325. The van der Waals surface area contributed by atoms with Gasteiger partial charge < -0.3 is 0 Å². The fourth-order valence-corrected chi connectivity index (χ4v) is 15.3. The van der Waals surface area contributed by atoms with Crippen molar-refractivity contribution in [1.82, 2.24) is 5.39 Å². The molecule has 0 aliphatic rings. The van der Waals surface area contributed by atoms with E-state index in [2.05, 4.69) is 0 Å². The lowest BCUT2D eigenvalue weighted by atomic mass is 11.6. The molecule has 0 radical (unpaired) electrons.